The van der Waals surface area contributed by atoms with Crippen molar-refractivity contribution in [3.63, 3.8) is 0 Å². The van der Waals surface area contributed by atoms with Gasteiger partial charge >= 0.3 is 0 Å². The average molecular weight is 257 g/mol. The van der Waals surface area contributed by atoms with Crippen molar-refractivity contribution in [2.75, 3.05) is 0 Å². The molecule has 3 rings (SSSR count). The molecule has 0 spiro atoms. The maximum Gasteiger partial charge on any atom is 0.169 e. The van der Waals surface area contributed by atoms with E-state index in [-0.39, 0.29) is 11.4 Å². The zero-order valence-corrected chi connectivity index (χ0v) is 9.77. The SMILES string of the molecule is Fc1cccc(-c2ncc(-c3cccnc3)[nH]2)c1F. The molecular weight excluding hydrogens is 248 g/mol. The smallest absolute Gasteiger partial charge is 0.169 e. The number of nitrogens with zero attached hydrogens (tertiary/aromatic N) is 2. The van der Waals surface area contributed by atoms with Crippen molar-refractivity contribution >= 4 is 0 Å². The summed E-state index contributed by atoms with van der Waals surface area (Å²) in [6.07, 6.45) is 4.89. The minimum Gasteiger partial charge on any atom is -0.338 e. The second kappa shape index (κ2) is 4.61. The van der Waals surface area contributed by atoms with Gasteiger partial charge in [-0.3, -0.25) is 4.98 Å². The molecule has 0 bridgehead atoms. The highest BCUT2D eigenvalue weighted by Crippen LogP contribution is 2.24. The third kappa shape index (κ3) is 2.10. The van der Waals surface area contributed by atoms with Gasteiger partial charge in [-0.05, 0) is 24.3 Å². The molecule has 0 fully saturated rings. The molecule has 94 valence electrons. The lowest BCUT2D eigenvalue weighted by molar-refractivity contribution is 0.510. The summed E-state index contributed by atoms with van der Waals surface area (Å²) in [4.78, 5) is 11.0. The van der Waals surface area contributed by atoms with E-state index in [2.05, 4.69) is 15.0 Å². The molecule has 0 aliphatic rings. The van der Waals surface area contributed by atoms with Gasteiger partial charge in [-0.15, -0.1) is 0 Å². The molecule has 0 unspecified atom stereocenters. The lowest BCUT2D eigenvalue weighted by Gasteiger charge is -2.00. The number of hydrogen-bond donors (Lipinski definition) is 1. The van der Waals surface area contributed by atoms with E-state index >= 15 is 0 Å². The largest absolute Gasteiger partial charge is 0.338 e. The number of halogens is 2. The molecule has 0 aliphatic carbocycles. The van der Waals surface area contributed by atoms with E-state index in [4.69, 9.17) is 0 Å². The fraction of sp³-hybridized carbons (Fsp3) is 0. The fourth-order valence-electron chi connectivity index (χ4n) is 1.81. The highest BCUT2D eigenvalue weighted by molar-refractivity contribution is 5.64. The Kier molecular flexibility index (Phi) is 2.79. The topological polar surface area (TPSA) is 41.6 Å². The van der Waals surface area contributed by atoms with Gasteiger partial charge in [-0.1, -0.05) is 6.07 Å². The van der Waals surface area contributed by atoms with E-state index in [1.807, 2.05) is 6.07 Å². The van der Waals surface area contributed by atoms with Crippen LogP contribution in [0.3, 0.4) is 0 Å². The predicted octanol–water partition coefficient (Wildman–Crippen LogP) is 3.42. The van der Waals surface area contributed by atoms with Gasteiger partial charge < -0.3 is 4.98 Å². The minimum atomic E-state index is -0.908. The van der Waals surface area contributed by atoms with Crippen LogP contribution in [0.4, 0.5) is 8.78 Å². The molecule has 0 saturated carbocycles. The first-order chi connectivity index (χ1) is 9.25. The third-order valence-corrected chi connectivity index (χ3v) is 2.76. The second-order valence-electron chi connectivity index (χ2n) is 3.99. The van der Waals surface area contributed by atoms with Crippen molar-refractivity contribution in [1.29, 1.82) is 0 Å². The Bertz CT molecular complexity index is 708. The molecular formula is C14H9F2N3. The third-order valence-electron chi connectivity index (χ3n) is 2.76. The standard InChI is InChI=1S/C14H9F2N3/c15-11-5-1-4-10(13(11)16)14-18-8-12(19-14)9-3-2-6-17-7-9/h1-8H,(H,18,19). The normalized spacial score (nSPS) is 10.6. The van der Waals surface area contributed by atoms with Crippen LogP contribution >= 0.6 is 0 Å². The van der Waals surface area contributed by atoms with Crippen molar-refractivity contribution in [3.8, 4) is 22.6 Å². The summed E-state index contributed by atoms with van der Waals surface area (Å²) in [7, 11) is 0. The van der Waals surface area contributed by atoms with Crippen LogP contribution < -0.4 is 0 Å². The van der Waals surface area contributed by atoms with Gasteiger partial charge in [-0.2, -0.15) is 0 Å². The molecule has 0 aliphatic heterocycles. The summed E-state index contributed by atoms with van der Waals surface area (Å²) in [5, 5.41) is 0. The quantitative estimate of drug-likeness (QED) is 0.764. The van der Waals surface area contributed by atoms with Crippen LogP contribution in [0.25, 0.3) is 22.6 Å². The molecule has 3 nitrogen and oxygen atoms in total. The van der Waals surface area contributed by atoms with Crippen molar-refractivity contribution < 1.29 is 8.78 Å². The number of aromatic amines is 1. The molecule has 1 aromatic carbocycles. The lowest BCUT2D eigenvalue weighted by atomic mass is 10.2. The first-order valence-corrected chi connectivity index (χ1v) is 5.65. The van der Waals surface area contributed by atoms with Gasteiger partial charge in [-0.25, -0.2) is 13.8 Å². The number of aromatic nitrogens is 3. The van der Waals surface area contributed by atoms with E-state index in [1.165, 1.54) is 12.1 Å². The number of H-pyrrole nitrogens is 1. The van der Waals surface area contributed by atoms with Gasteiger partial charge in [0.25, 0.3) is 0 Å². The van der Waals surface area contributed by atoms with Gasteiger partial charge in [0.2, 0.25) is 0 Å². The summed E-state index contributed by atoms with van der Waals surface area (Å²) in [5.74, 6) is -1.51. The maximum absolute atomic E-state index is 13.7. The fourth-order valence-corrected chi connectivity index (χ4v) is 1.81. The summed E-state index contributed by atoms with van der Waals surface area (Å²) < 4.78 is 26.8. The average Bonchev–Trinajstić information content (AvgIpc) is 2.92. The zero-order valence-electron chi connectivity index (χ0n) is 9.77. The van der Waals surface area contributed by atoms with E-state index in [9.17, 15) is 8.78 Å². The number of nitrogens with one attached hydrogen (secondary N) is 1. The van der Waals surface area contributed by atoms with Crippen LogP contribution in [0.1, 0.15) is 0 Å². The molecule has 3 aromatic rings. The monoisotopic (exact) mass is 257 g/mol. The van der Waals surface area contributed by atoms with Crippen LogP contribution in [-0.4, -0.2) is 15.0 Å². The molecule has 19 heavy (non-hydrogen) atoms. The Morgan fingerprint density at radius 1 is 1.00 bits per heavy atom. The molecule has 2 aromatic heterocycles. The second-order valence-corrected chi connectivity index (χ2v) is 3.99. The van der Waals surface area contributed by atoms with E-state index in [1.54, 1.807) is 24.7 Å². The summed E-state index contributed by atoms with van der Waals surface area (Å²) in [6, 6.07) is 7.64. The van der Waals surface area contributed by atoms with Gasteiger partial charge in [0.05, 0.1) is 17.5 Å². The summed E-state index contributed by atoms with van der Waals surface area (Å²) >= 11 is 0. The van der Waals surface area contributed by atoms with E-state index < -0.39 is 11.6 Å². The lowest BCUT2D eigenvalue weighted by Crippen LogP contribution is -1.90. The van der Waals surface area contributed by atoms with E-state index in [0.29, 0.717) is 5.69 Å². The van der Waals surface area contributed by atoms with Crippen molar-refractivity contribution in [3.05, 3.63) is 60.6 Å². The van der Waals surface area contributed by atoms with Crippen LogP contribution in [0.15, 0.2) is 48.9 Å². The number of imidazole rings is 1. The van der Waals surface area contributed by atoms with Crippen molar-refractivity contribution in [2.45, 2.75) is 0 Å². The first kappa shape index (κ1) is 11.5. The van der Waals surface area contributed by atoms with Gasteiger partial charge in [0.15, 0.2) is 11.6 Å². The zero-order chi connectivity index (χ0) is 13.2. The summed E-state index contributed by atoms with van der Waals surface area (Å²) in [5.41, 5.74) is 1.64. The molecule has 0 radical (unpaired) electrons. The van der Waals surface area contributed by atoms with Gasteiger partial charge in [0, 0.05) is 18.0 Å². The molecule has 0 atom stereocenters. The van der Waals surface area contributed by atoms with Crippen LogP contribution in [0.2, 0.25) is 0 Å². The first-order valence-electron chi connectivity index (χ1n) is 5.65. The number of benzene rings is 1. The Balaban J connectivity index is 2.05. The van der Waals surface area contributed by atoms with Crippen LogP contribution in [0, 0.1) is 11.6 Å². The maximum atomic E-state index is 13.7. The van der Waals surface area contributed by atoms with Crippen LogP contribution in [0.5, 0.6) is 0 Å². The number of rotatable bonds is 2. The number of pyridine rings is 1. The Morgan fingerprint density at radius 3 is 2.68 bits per heavy atom. The number of hydrogen-bond acceptors (Lipinski definition) is 2. The van der Waals surface area contributed by atoms with Gasteiger partial charge in [0.1, 0.15) is 5.82 Å². The van der Waals surface area contributed by atoms with Crippen LogP contribution in [-0.2, 0) is 0 Å². The van der Waals surface area contributed by atoms with Crippen molar-refractivity contribution in [2.24, 2.45) is 0 Å². The predicted molar refractivity (Wildman–Crippen MR) is 67.2 cm³/mol. The van der Waals surface area contributed by atoms with E-state index in [0.717, 1.165) is 11.6 Å². The molecule has 0 amide bonds. The highest BCUT2D eigenvalue weighted by Gasteiger charge is 2.13. The van der Waals surface area contributed by atoms with Crippen molar-refractivity contribution in [1.82, 2.24) is 15.0 Å². The Hall–Kier alpha value is -2.56. The molecule has 1 N–H and O–H groups in total. The minimum absolute atomic E-state index is 0.107. The Morgan fingerprint density at radius 2 is 1.89 bits per heavy atom. The Labute approximate surface area is 108 Å². The highest BCUT2D eigenvalue weighted by atomic mass is 19.2. The molecule has 0 saturated heterocycles. The molecule has 2 heterocycles. The molecule has 5 heteroatoms. The summed E-state index contributed by atoms with van der Waals surface area (Å²) in [6.45, 7) is 0.